The molecule has 5 unspecified atom stereocenters. The van der Waals surface area contributed by atoms with Crippen molar-refractivity contribution >= 4 is 65.7 Å². The Morgan fingerprint density at radius 2 is 1.06 bits per heavy atom. The number of alkyl halides is 3. The Morgan fingerprint density at radius 3 is 1.45 bits per heavy atom. The molecule has 0 N–H and O–H groups in total. The molecule has 0 aliphatic carbocycles. The second-order valence-electron chi connectivity index (χ2n) is 6.96. The van der Waals surface area contributed by atoms with Crippen LogP contribution in [-0.2, 0) is 42.8 Å². The van der Waals surface area contributed by atoms with Crippen molar-refractivity contribution in [2.75, 3.05) is 22.6 Å². The van der Waals surface area contributed by atoms with Crippen molar-refractivity contribution in [3.8, 4) is 0 Å². The maximum absolute atomic E-state index is 11.8. The molecule has 0 aromatic heterocycles. The number of carbonyl (C=O) groups is 3. The van der Waals surface area contributed by atoms with Crippen molar-refractivity contribution in [3.05, 3.63) is 0 Å². The Morgan fingerprint density at radius 1 is 0.667 bits per heavy atom. The van der Waals surface area contributed by atoms with E-state index in [0.717, 1.165) is 6.42 Å². The van der Waals surface area contributed by atoms with Gasteiger partial charge in [-0.05, 0) is 27.2 Å². The molecular formula is C21H35Br3O9. The summed E-state index contributed by atoms with van der Waals surface area (Å²) < 4.78 is 33.3. The highest BCUT2D eigenvalue weighted by Gasteiger charge is 2.29. The number of halogens is 3. The predicted molar refractivity (Wildman–Crippen MR) is 133 cm³/mol. The number of hydrogen-bond donors (Lipinski definition) is 0. The van der Waals surface area contributed by atoms with Crippen LogP contribution in [0.1, 0.15) is 59.8 Å². The van der Waals surface area contributed by atoms with Crippen LogP contribution in [0.3, 0.4) is 0 Å². The van der Waals surface area contributed by atoms with Gasteiger partial charge in [0, 0.05) is 16.0 Å². The third kappa shape index (κ3) is 16.9. The third-order valence-corrected chi connectivity index (χ3v) is 5.19. The predicted octanol–water partition coefficient (Wildman–Crippen LogP) is 4.60. The Hall–Kier alpha value is -0.270. The van der Waals surface area contributed by atoms with Crippen LogP contribution in [0.25, 0.3) is 0 Å². The van der Waals surface area contributed by atoms with Crippen molar-refractivity contribution < 1.29 is 42.8 Å². The standard InChI is InChI=1S/C21H35Br3O9/c1-5-6-17(29-15(3)32-20(26)8-11-23)18(30-16(4)33-21(27)9-12-24)13-28-14(2)31-19(25)7-10-22/h14-18H,5-13H2,1-4H3. The van der Waals surface area contributed by atoms with Crippen LogP contribution in [0.4, 0.5) is 0 Å². The molecule has 5 atom stereocenters. The molecule has 33 heavy (non-hydrogen) atoms. The van der Waals surface area contributed by atoms with E-state index in [2.05, 4.69) is 47.8 Å². The lowest BCUT2D eigenvalue weighted by Crippen LogP contribution is -2.42. The lowest BCUT2D eigenvalue weighted by atomic mass is 10.1. The number of carbonyl (C=O) groups excluding carboxylic acids is 3. The number of ether oxygens (including phenoxy) is 6. The summed E-state index contributed by atoms with van der Waals surface area (Å²) in [5.74, 6) is -1.21. The molecule has 0 amide bonds. The van der Waals surface area contributed by atoms with Crippen LogP contribution >= 0.6 is 47.8 Å². The molecule has 0 aliphatic rings. The first kappa shape index (κ1) is 32.7. The fraction of sp³-hybridized carbons (Fsp3) is 0.857. The summed E-state index contributed by atoms with van der Waals surface area (Å²) in [5.41, 5.74) is 0. The molecule has 194 valence electrons. The fourth-order valence-electron chi connectivity index (χ4n) is 2.64. The van der Waals surface area contributed by atoms with E-state index < -0.39 is 49.0 Å². The van der Waals surface area contributed by atoms with Gasteiger partial charge in [0.25, 0.3) is 0 Å². The zero-order chi connectivity index (χ0) is 25.2. The number of esters is 3. The van der Waals surface area contributed by atoms with Crippen LogP contribution in [0.15, 0.2) is 0 Å². The van der Waals surface area contributed by atoms with Gasteiger partial charge in [0.1, 0.15) is 6.10 Å². The van der Waals surface area contributed by atoms with Gasteiger partial charge in [0.15, 0.2) is 6.29 Å². The average molecular weight is 671 g/mol. The van der Waals surface area contributed by atoms with E-state index in [1.54, 1.807) is 20.8 Å². The molecule has 0 rings (SSSR count). The number of rotatable bonds is 19. The molecule has 9 nitrogen and oxygen atoms in total. The summed E-state index contributed by atoms with van der Waals surface area (Å²) in [6.45, 7) is 6.79. The molecule has 0 radical (unpaired) electrons. The first-order valence-electron chi connectivity index (χ1n) is 10.9. The molecule has 0 saturated heterocycles. The van der Waals surface area contributed by atoms with E-state index >= 15 is 0 Å². The van der Waals surface area contributed by atoms with Gasteiger partial charge in [0.05, 0.1) is 32.0 Å². The lowest BCUT2D eigenvalue weighted by Gasteiger charge is -2.31. The summed E-state index contributed by atoms with van der Waals surface area (Å²) >= 11 is 9.57. The maximum atomic E-state index is 11.8. The Balaban J connectivity index is 5.25. The zero-order valence-corrected chi connectivity index (χ0v) is 24.3. The van der Waals surface area contributed by atoms with E-state index in [1.807, 2.05) is 6.92 Å². The molecule has 0 aromatic rings. The summed E-state index contributed by atoms with van der Waals surface area (Å²) in [4.78, 5) is 35.3. The number of hydrogen-bond acceptors (Lipinski definition) is 9. The summed E-state index contributed by atoms with van der Waals surface area (Å²) in [6, 6.07) is 0. The van der Waals surface area contributed by atoms with Crippen molar-refractivity contribution in [2.24, 2.45) is 0 Å². The monoisotopic (exact) mass is 668 g/mol. The van der Waals surface area contributed by atoms with Gasteiger partial charge >= 0.3 is 17.9 Å². The molecule has 0 heterocycles. The van der Waals surface area contributed by atoms with E-state index in [9.17, 15) is 14.4 Å². The summed E-state index contributed by atoms with van der Waals surface area (Å²) in [5, 5.41) is 1.44. The van der Waals surface area contributed by atoms with Gasteiger partial charge in [-0.3, -0.25) is 14.4 Å². The van der Waals surface area contributed by atoms with Crippen LogP contribution in [0.2, 0.25) is 0 Å². The zero-order valence-electron chi connectivity index (χ0n) is 19.6. The van der Waals surface area contributed by atoms with Crippen molar-refractivity contribution in [1.82, 2.24) is 0 Å². The molecule has 0 bridgehead atoms. The van der Waals surface area contributed by atoms with Gasteiger partial charge in [-0.1, -0.05) is 61.1 Å². The minimum atomic E-state index is -0.870. The lowest BCUT2D eigenvalue weighted by molar-refractivity contribution is -0.243. The SMILES string of the molecule is CCCC(OC(C)OC(=O)CCBr)C(COC(C)OC(=O)CCBr)OC(C)OC(=O)CCBr. The molecule has 12 heteroatoms. The maximum Gasteiger partial charge on any atom is 0.308 e. The normalized spacial score (nSPS) is 15.7. The third-order valence-electron chi connectivity index (χ3n) is 4.00. The first-order chi connectivity index (χ1) is 15.7. The highest BCUT2D eigenvalue weighted by Crippen LogP contribution is 2.18. The van der Waals surface area contributed by atoms with Gasteiger partial charge in [-0.15, -0.1) is 0 Å². The Labute approximate surface area is 221 Å². The van der Waals surface area contributed by atoms with Crippen LogP contribution in [0.5, 0.6) is 0 Å². The molecular weight excluding hydrogens is 636 g/mol. The molecule has 0 aromatic carbocycles. The van der Waals surface area contributed by atoms with Crippen molar-refractivity contribution in [2.45, 2.75) is 90.9 Å². The molecule has 0 spiro atoms. The van der Waals surface area contributed by atoms with E-state index in [1.165, 1.54) is 0 Å². The van der Waals surface area contributed by atoms with Crippen molar-refractivity contribution in [3.63, 3.8) is 0 Å². The highest BCUT2D eigenvalue weighted by molar-refractivity contribution is 9.09. The quantitative estimate of drug-likeness (QED) is 0.0844. The second-order valence-corrected chi connectivity index (χ2v) is 9.34. The minimum Gasteiger partial charge on any atom is -0.436 e. The molecule has 0 saturated carbocycles. The summed E-state index contributed by atoms with van der Waals surface area (Å²) in [6.07, 6.45) is -1.79. The van der Waals surface area contributed by atoms with Crippen LogP contribution in [0, 0.1) is 0 Å². The second kappa shape index (κ2) is 20.0. The van der Waals surface area contributed by atoms with Gasteiger partial charge in [-0.2, -0.15) is 0 Å². The van der Waals surface area contributed by atoms with Crippen molar-refractivity contribution in [1.29, 1.82) is 0 Å². The van der Waals surface area contributed by atoms with E-state index in [4.69, 9.17) is 28.4 Å². The van der Waals surface area contributed by atoms with Crippen LogP contribution < -0.4 is 0 Å². The summed E-state index contributed by atoms with van der Waals surface area (Å²) in [7, 11) is 0. The van der Waals surface area contributed by atoms with E-state index in [0.29, 0.717) is 22.4 Å². The Bertz CT molecular complexity index is 565. The fourth-order valence-corrected chi connectivity index (χ4v) is 3.61. The molecule has 0 aliphatic heterocycles. The topological polar surface area (TPSA) is 107 Å². The largest absolute Gasteiger partial charge is 0.436 e. The minimum absolute atomic E-state index is 0.00414. The van der Waals surface area contributed by atoms with E-state index in [-0.39, 0.29) is 25.9 Å². The van der Waals surface area contributed by atoms with Gasteiger partial charge < -0.3 is 28.4 Å². The highest BCUT2D eigenvalue weighted by atomic mass is 79.9. The average Bonchev–Trinajstić information content (AvgIpc) is 2.71. The Kier molecular flexibility index (Phi) is 19.8. The van der Waals surface area contributed by atoms with Gasteiger partial charge in [-0.25, -0.2) is 0 Å². The first-order valence-corrected chi connectivity index (χ1v) is 14.2. The smallest absolute Gasteiger partial charge is 0.308 e. The van der Waals surface area contributed by atoms with Gasteiger partial charge in [0.2, 0.25) is 12.6 Å². The van der Waals surface area contributed by atoms with Crippen LogP contribution in [-0.4, -0.2) is 71.6 Å². The molecule has 0 fully saturated rings.